The number of hydrogen-bond acceptors (Lipinski definition) is 2. The fraction of sp³-hybridized carbons (Fsp3) is 0.222. The molecule has 1 rings (SSSR count). The molecule has 1 aromatic rings. The number of nitrogens with two attached hydrogens (primary N) is 1. The first-order valence-electron chi connectivity index (χ1n) is 3.63. The van der Waals surface area contributed by atoms with E-state index < -0.39 is 0 Å². The Kier molecular flexibility index (Phi) is 4.92. The fourth-order valence-electron chi connectivity index (χ4n) is 0.945. The maximum atomic E-state index is 10.5. The monoisotopic (exact) mass is 201 g/mol. The second kappa shape index (κ2) is 5.43. The van der Waals surface area contributed by atoms with E-state index in [0.29, 0.717) is 0 Å². The van der Waals surface area contributed by atoms with Crippen LogP contribution in [0.15, 0.2) is 24.3 Å². The van der Waals surface area contributed by atoms with Gasteiger partial charge in [-0.15, -0.1) is 12.4 Å². The second-order valence-corrected chi connectivity index (χ2v) is 2.49. The highest BCUT2D eigenvalue weighted by Gasteiger charge is 1.97. The zero-order valence-electron chi connectivity index (χ0n) is 7.32. The quantitative estimate of drug-likeness (QED) is 0.798. The molecule has 0 aliphatic carbocycles. The summed E-state index contributed by atoms with van der Waals surface area (Å²) < 4.78 is 4.96. The molecule has 72 valence electrons. The first-order chi connectivity index (χ1) is 5.72. The molecule has 0 saturated carbocycles. The average Bonchev–Trinajstić information content (AvgIpc) is 2.05. The number of primary amides is 1. The van der Waals surface area contributed by atoms with Crippen molar-refractivity contribution in [1.29, 1.82) is 0 Å². The molecule has 1 aromatic carbocycles. The number of carbonyl (C=O) groups excluding carboxylic acids is 1. The highest BCUT2D eigenvalue weighted by molar-refractivity contribution is 5.85. The Morgan fingerprint density at radius 1 is 1.38 bits per heavy atom. The lowest BCUT2D eigenvalue weighted by Gasteiger charge is -2.00. The van der Waals surface area contributed by atoms with Gasteiger partial charge in [-0.1, -0.05) is 12.1 Å². The number of methoxy groups -OCH3 is 1. The number of rotatable bonds is 3. The Bertz CT molecular complexity index is 271. The predicted molar refractivity (Wildman–Crippen MR) is 53.1 cm³/mol. The van der Waals surface area contributed by atoms with Crippen LogP contribution in [0, 0.1) is 0 Å². The van der Waals surface area contributed by atoms with Gasteiger partial charge in [-0.25, -0.2) is 0 Å². The Hall–Kier alpha value is -1.22. The van der Waals surface area contributed by atoms with Crippen molar-refractivity contribution in [2.75, 3.05) is 7.11 Å². The molecule has 2 N–H and O–H groups in total. The van der Waals surface area contributed by atoms with Gasteiger partial charge in [0.25, 0.3) is 0 Å². The van der Waals surface area contributed by atoms with E-state index in [-0.39, 0.29) is 24.7 Å². The van der Waals surface area contributed by atoms with Crippen LogP contribution in [0.1, 0.15) is 5.56 Å². The maximum Gasteiger partial charge on any atom is 0.221 e. The van der Waals surface area contributed by atoms with Crippen molar-refractivity contribution in [3.05, 3.63) is 29.8 Å². The van der Waals surface area contributed by atoms with E-state index in [4.69, 9.17) is 10.5 Å². The van der Waals surface area contributed by atoms with Gasteiger partial charge in [0.2, 0.25) is 5.91 Å². The summed E-state index contributed by atoms with van der Waals surface area (Å²) in [5, 5.41) is 0. The molecule has 0 radical (unpaired) electrons. The predicted octanol–water partition coefficient (Wildman–Crippen LogP) is 1.14. The second-order valence-electron chi connectivity index (χ2n) is 2.49. The molecule has 0 bridgehead atoms. The van der Waals surface area contributed by atoms with Crippen molar-refractivity contribution < 1.29 is 9.53 Å². The lowest BCUT2D eigenvalue weighted by atomic mass is 10.1. The van der Waals surface area contributed by atoms with E-state index in [0.717, 1.165) is 11.3 Å². The summed E-state index contributed by atoms with van der Waals surface area (Å²) in [6.45, 7) is 0. The Morgan fingerprint density at radius 2 is 1.92 bits per heavy atom. The molecular weight excluding hydrogens is 190 g/mol. The van der Waals surface area contributed by atoms with Crippen molar-refractivity contribution >= 4 is 18.3 Å². The molecule has 0 fully saturated rings. The standard InChI is InChI=1S/C9H11NO2.ClH/c1-12-8-4-2-7(3-5-8)6-9(10)11;/h2-5H,6H2,1H3,(H2,10,11);1H. The lowest BCUT2D eigenvalue weighted by molar-refractivity contribution is -0.117. The highest BCUT2D eigenvalue weighted by Crippen LogP contribution is 2.11. The van der Waals surface area contributed by atoms with Crippen LogP contribution in [-0.2, 0) is 11.2 Å². The molecule has 0 aliphatic rings. The fourth-order valence-corrected chi connectivity index (χ4v) is 0.945. The third-order valence-corrected chi connectivity index (χ3v) is 1.54. The van der Waals surface area contributed by atoms with Gasteiger partial charge in [0.15, 0.2) is 0 Å². The first-order valence-corrected chi connectivity index (χ1v) is 3.63. The molecule has 0 saturated heterocycles. The molecule has 0 unspecified atom stereocenters. The maximum absolute atomic E-state index is 10.5. The first kappa shape index (κ1) is 11.8. The smallest absolute Gasteiger partial charge is 0.221 e. The Balaban J connectivity index is 0.00000144. The van der Waals surface area contributed by atoms with Crippen LogP contribution in [0.2, 0.25) is 0 Å². The molecule has 13 heavy (non-hydrogen) atoms. The van der Waals surface area contributed by atoms with Gasteiger partial charge in [-0.2, -0.15) is 0 Å². The largest absolute Gasteiger partial charge is 0.497 e. The molecule has 0 aromatic heterocycles. The Labute approximate surface area is 83.3 Å². The van der Waals surface area contributed by atoms with Crippen molar-refractivity contribution in [3.8, 4) is 5.75 Å². The zero-order valence-corrected chi connectivity index (χ0v) is 8.14. The van der Waals surface area contributed by atoms with Crippen LogP contribution in [0.5, 0.6) is 5.75 Å². The van der Waals surface area contributed by atoms with Crippen molar-refractivity contribution in [2.45, 2.75) is 6.42 Å². The van der Waals surface area contributed by atoms with E-state index >= 15 is 0 Å². The van der Waals surface area contributed by atoms with E-state index in [9.17, 15) is 4.79 Å². The summed E-state index contributed by atoms with van der Waals surface area (Å²) in [6, 6.07) is 7.25. The molecule has 0 spiro atoms. The molecule has 0 aliphatic heterocycles. The minimum atomic E-state index is -0.319. The van der Waals surface area contributed by atoms with E-state index in [2.05, 4.69) is 0 Å². The SMILES string of the molecule is COc1ccc(CC(N)=O)cc1.Cl. The lowest BCUT2D eigenvalue weighted by Crippen LogP contribution is -2.13. The van der Waals surface area contributed by atoms with Crippen LogP contribution in [0.3, 0.4) is 0 Å². The van der Waals surface area contributed by atoms with E-state index in [1.807, 2.05) is 12.1 Å². The summed E-state index contributed by atoms with van der Waals surface area (Å²) in [7, 11) is 1.60. The molecule has 1 amide bonds. The van der Waals surface area contributed by atoms with Gasteiger partial charge >= 0.3 is 0 Å². The average molecular weight is 202 g/mol. The van der Waals surface area contributed by atoms with Crippen LogP contribution < -0.4 is 10.5 Å². The van der Waals surface area contributed by atoms with Gasteiger partial charge in [0, 0.05) is 0 Å². The summed E-state index contributed by atoms with van der Waals surface area (Å²) >= 11 is 0. The minimum absolute atomic E-state index is 0. The van der Waals surface area contributed by atoms with Crippen molar-refractivity contribution in [1.82, 2.24) is 0 Å². The number of benzene rings is 1. The van der Waals surface area contributed by atoms with Crippen LogP contribution in [0.25, 0.3) is 0 Å². The number of hydrogen-bond donors (Lipinski definition) is 1. The number of carbonyl (C=O) groups is 1. The summed E-state index contributed by atoms with van der Waals surface area (Å²) in [6.07, 6.45) is 0.282. The minimum Gasteiger partial charge on any atom is -0.497 e. The summed E-state index contributed by atoms with van der Waals surface area (Å²) in [5.74, 6) is 0.461. The van der Waals surface area contributed by atoms with Gasteiger partial charge < -0.3 is 10.5 Å². The van der Waals surface area contributed by atoms with Crippen LogP contribution in [0.4, 0.5) is 0 Å². The zero-order chi connectivity index (χ0) is 8.97. The van der Waals surface area contributed by atoms with Gasteiger partial charge in [0.1, 0.15) is 5.75 Å². The normalized spacial score (nSPS) is 8.69. The van der Waals surface area contributed by atoms with Gasteiger partial charge in [-0.05, 0) is 17.7 Å². The van der Waals surface area contributed by atoms with Crippen molar-refractivity contribution in [2.24, 2.45) is 5.73 Å². The number of ether oxygens (including phenoxy) is 1. The molecule has 4 heteroatoms. The third-order valence-electron chi connectivity index (χ3n) is 1.54. The molecular formula is C9H12ClNO2. The number of amides is 1. The van der Waals surface area contributed by atoms with Crippen molar-refractivity contribution in [3.63, 3.8) is 0 Å². The number of halogens is 1. The summed E-state index contributed by atoms with van der Waals surface area (Å²) in [4.78, 5) is 10.5. The van der Waals surface area contributed by atoms with Crippen LogP contribution in [-0.4, -0.2) is 13.0 Å². The van der Waals surface area contributed by atoms with E-state index in [1.54, 1.807) is 19.2 Å². The third kappa shape index (κ3) is 3.80. The highest BCUT2D eigenvalue weighted by atomic mass is 35.5. The molecule has 3 nitrogen and oxygen atoms in total. The molecule has 0 atom stereocenters. The van der Waals surface area contributed by atoms with Gasteiger partial charge in [-0.3, -0.25) is 4.79 Å². The Morgan fingerprint density at radius 3 is 2.31 bits per heavy atom. The summed E-state index contributed by atoms with van der Waals surface area (Å²) in [5.41, 5.74) is 5.93. The topological polar surface area (TPSA) is 52.3 Å². The molecule has 0 heterocycles. The van der Waals surface area contributed by atoms with E-state index in [1.165, 1.54) is 0 Å². The van der Waals surface area contributed by atoms with Crippen LogP contribution >= 0.6 is 12.4 Å². The van der Waals surface area contributed by atoms with Gasteiger partial charge in [0.05, 0.1) is 13.5 Å².